The van der Waals surface area contributed by atoms with E-state index in [-0.39, 0.29) is 5.69 Å². The molecule has 3 rings (SSSR count). The van der Waals surface area contributed by atoms with Crippen molar-refractivity contribution in [1.29, 1.82) is 5.26 Å². The number of rotatable bonds is 5. The van der Waals surface area contributed by atoms with Crippen molar-refractivity contribution in [3.8, 4) is 11.8 Å². The summed E-state index contributed by atoms with van der Waals surface area (Å²) in [7, 11) is 1.66. The Kier molecular flexibility index (Phi) is 5.57. The lowest BCUT2D eigenvalue weighted by Gasteiger charge is -2.38. The van der Waals surface area contributed by atoms with Crippen LogP contribution in [0.5, 0.6) is 5.75 Å². The molecule has 1 aliphatic heterocycles. The molecule has 0 unspecified atom stereocenters. The number of allylic oxidation sites excluding steroid dienone is 1. The van der Waals surface area contributed by atoms with Crippen LogP contribution in [0.15, 0.2) is 54.6 Å². The molecule has 7 heteroatoms. The molecular formula is C20H20N4O3. The highest BCUT2D eigenvalue weighted by molar-refractivity contribution is 5.68. The second-order valence-electron chi connectivity index (χ2n) is 6.11. The van der Waals surface area contributed by atoms with Crippen molar-refractivity contribution in [2.75, 3.05) is 38.2 Å². The van der Waals surface area contributed by atoms with E-state index < -0.39 is 4.92 Å². The van der Waals surface area contributed by atoms with Gasteiger partial charge >= 0.3 is 0 Å². The summed E-state index contributed by atoms with van der Waals surface area (Å²) in [4.78, 5) is 15.0. The maximum Gasteiger partial charge on any atom is 0.270 e. The van der Waals surface area contributed by atoms with E-state index in [0.717, 1.165) is 24.5 Å². The van der Waals surface area contributed by atoms with Gasteiger partial charge in [-0.2, -0.15) is 5.26 Å². The van der Waals surface area contributed by atoms with Crippen molar-refractivity contribution in [3.05, 3.63) is 70.3 Å². The van der Waals surface area contributed by atoms with E-state index in [9.17, 15) is 15.4 Å². The molecule has 0 radical (unpaired) electrons. The SMILES string of the molecule is COc1ccccc1N1CCN(/C(=C\C#N)c2cccc([N+](=O)[O-])c2)CC1. The highest BCUT2D eigenvalue weighted by Gasteiger charge is 2.22. The highest BCUT2D eigenvalue weighted by Crippen LogP contribution is 2.30. The van der Waals surface area contributed by atoms with Crippen molar-refractivity contribution < 1.29 is 9.66 Å². The number of methoxy groups -OCH3 is 1. The molecule has 1 aliphatic rings. The normalized spacial score (nSPS) is 14.6. The molecule has 0 aromatic heterocycles. The van der Waals surface area contributed by atoms with Crippen LogP contribution in [0.3, 0.4) is 0 Å². The third-order valence-electron chi connectivity index (χ3n) is 4.60. The minimum atomic E-state index is -0.423. The number of nitrogens with zero attached hydrogens (tertiary/aromatic N) is 4. The van der Waals surface area contributed by atoms with Gasteiger partial charge in [-0.3, -0.25) is 10.1 Å². The fraction of sp³-hybridized carbons (Fsp3) is 0.250. The van der Waals surface area contributed by atoms with Gasteiger partial charge < -0.3 is 14.5 Å². The zero-order valence-corrected chi connectivity index (χ0v) is 15.0. The topological polar surface area (TPSA) is 82.6 Å². The number of nitro groups is 1. The fourth-order valence-electron chi connectivity index (χ4n) is 3.28. The number of ether oxygens (including phenoxy) is 1. The Bertz CT molecular complexity index is 896. The van der Waals surface area contributed by atoms with E-state index >= 15 is 0 Å². The number of anilines is 1. The lowest BCUT2D eigenvalue weighted by Crippen LogP contribution is -2.45. The van der Waals surface area contributed by atoms with Crippen LogP contribution in [0.1, 0.15) is 5.56 Å². The molecule has 0 saturated carbocycles. The number of non-ortho nitro benzene ring substituents is 1. The molecule has 2 aromatic rings. The minimum absolute atomic E-state index is 0.0176. The first-order valence-corrected chi connectivity index (χ1v) is 8.61. The number of benzene rings is 2. The van der Waals surface area contributed by atoms with Crippen molar-refractivity contribution in [2.45, 2.75) is 0 Å². The zero-order chi connectivity index (χ0) is 19.2. The average molecular weight is 364 g/mol. The van der Waals surface area contributed by atoms with Gasteiger partial charge in [0.15, 0.2) is 0 Å². The maximum atomic E-state index is 11.1. The molecule has 0 spiro atoms. The molecule has 138 valence electrons. The Morgan fingerprint density at radius 2 is 1.93 bits per heavy atom. The third kappa shape index (κ3) is 4.01. The van der Waals surface area contributed by atoms with E-state index in [1.54, 1.807) is 19.2 Å². The maximum absolute atomic E-state index is 11.1. The monoisotopic (exact) mass is 364 g/mol. The lowest BCUT2D eigenvalue weighted by atomic mass is 10.1. The summed E-state index contributed by atoms with van der Waals surface area (Å²) in [5, 5.41) is 20.3. The Hall–Kier alpha value is -3.53. The summed E-state index contributed by atoms with van der Waals surface area (Å²) in [5.74, 6) is 0.831. The Morgan fingerprint density at radius 3 is 2.59 bits per heavy atom. The van der Waals surface area contributed by atoms with E-state index in [2.05, 4.69) is 15.9 Å². The van der Waals surface area contributed by atoms with Crippen molar-refractivity contribution in [2.24, 2.45) is 0 Å². The molecule has 1 fully saturated rings. The van der Waals surface area contributed by atoms with Crippen LogP contribution >= 0.6 is 0 Å². The van der Waals surface area contributed by atoms with Crippen LogP contribution in [-0.4, -0.2) is 43.1 Å². The van der Waals surface area contributed by atoms with Gasteiger partial charge in [-0.25, -0.2) is 0 Å². The number of nitriles is 1. The quantitative estimate of drug-likeness (QED) is 0.460. The Morgan fingerprint density at radius 1 is 1.19 bits per heavy atom. The molecule has 0 N–H and O–H groups in total. The van der Waals surface area contributed by atoms with Gasteiger partial charge in [0.2, 0.25) is 0 Å². The first-order chi connectivity index (χ1) is 13.1. The van der Waals surface area contributed by atoms with Crippen LogP contribution in [0.4, 0.5) is 11.4 Å². The summed E-state index contributed by atoms with van der Waals surface area (Å²) in [6.07, 6.45) is 1.46. The summed E-state index contributed by atoms with van der Waals surface area (Å²) < 4.78 is 5.44. The first kappa shape index (κ1) is 18.3. The molecule has 7 nitrogen and oxygen atoms in total. The number of hydrogen-bond acceptors (Lipinski definition) is 6. The molecular weight excluding hydrogens is 344 g/mol. The molecule has 0 bridgehead atoms. The smallest absolute Gasteiger partial charge is 0.270 e. The van der Waals surface area contributed by atoms with E-state index in [0.29, 0.717) is 24.4 Å². The molecule has 2 aromatic carbocycles. The molecule has 1 heterocycles. The van der Waals surface area contributed by atoms with Crippen LogP contribution < -0.4 is 9.64 Å². The summed E-state index contributed by atoms with van der Waals surface area (Å²) in [6.45, 7) is 2.93. The van der Waals surface area contributed by atoms with Crippen LogP contribution in [0.25, 0.3) is 5.70 Å². The van der Waals surface area contributed by atoms with Crippen LogP contribution in [0.2, 0.25) is 0 Å². The highest BCUT2D eigenvalue weighted by atomic mass is 16.6. The second kappa shape index (κ2) is 8.23. The van der Waals surface area contributed by atoms with Crippen molar-refractivity contribution in [1.82, 2.24) is 4.90 Å². The predicted molar refractivity (Wildman–Crippen MR) is 103 cm³/mol. The van der Waals surface area contributed by atoms with Crippen molar-refractivity contribution >= 4 is 17.1 Å². The van der Waals surface area contributed by atoms with Gasteiger partial charge in [-0.05, 0) is 12.1 Å². The first-order valence-electron chi connectivity index (χ1n) is 8.61. The van der Waals surface area contributed by atoms with Gasteiger partial charge in [0.05, 0.1) is 29.5 Å². The Labute approximate surface area is 157 Å². The Balaban J connectivity index is 1.79. The average Bonchev–Trinajstić information content (AvgIpc) is 2.72. The largest absolute Gasteiger partial charge is 0.495 e. The van der Waals surface area contributed by atoms with E-state index in [1.807, 2.05) is 24.3 Å². The van der Waals surface area contributed by atoms with Gasteiger partial charge in [-0.1, -0.05) is 24.3 Å². The molecule has 0 atom stereocenters. The standard InChI is InChI=1S/C20H20N4O3/c1-27-20-8-3-2-7-19(20)23-13-11-22(12-14-23)18(9-10-21)16-5-4-6-17(15-16)24(25)26/h2-9,15H,11-14H2,1H3/b18-9-. The number of nitro benzene ring substituents is 1. The van der Waals surface area contributed by atoms with E-state index in [1.165, 1.54) is 18.2 Å². The molecule has 1 saturated heterocycles. The zero-order valence-electron chi connectivity index (χ0n) is 15.0. The second-order valence-corrected chi connectivity index (χ2v) is 6.11. The fourth-order valence-corrected chi connectivity index (χ4v) is 3.28. The molecule has 0 amide bonds. The third-order valence-corrected chi connectivity index (χ3v) is 4.60. The van der Waals surface area contributed by atoms with Gasteiger partial charge in [0.1, 0.15) is 5.75 Å². The summed E-state index contributed by atoms with van der Waals surface area (Å²) >= 11 is 0. The van der Waals surface area contributed by atoms with E-state index in [4.69, 9.17) is 4.74 Å². The summed E-state index contributed by atoms with van der Waals surface area (Å²) in [5.41, 5.74) is 2.45. The van der Waals surface area contributed by atoms with Gasteiger partial charge in [-0.15, -0.1) is 0 Å². The van der Waals surface area contributed by atoms with Crippen molar-refractivity contribution in [3.63, 3.8) is 0 Å². The van der Waals surface area contributed by atoms with Crippen LogP contribution in [0, 0.1) is 21.4 Å². The number of para-hydroxylation sites is 2. The predicted octanol–water partition coefficient (Wildman–Crippen LogP) is 3.29. The molecule has 27 heavy (non-hydrogen) atoms. The van der Waals surface area contributed by atoms with Crippen LogP contribution in [-0.2, 0) is 0 Å². The minimum Gasteiger partial charge on any atom is -0.495 e. The number of hydrogen-bond donors (Lipinski definition) is 0. The lowest BCUT2D eigenvalue weighted by molar-refractivity contribution is -0.384. The van der Waals surface area contributed by atoms with Gasteiger partial charge in [0, 0.05) is 50.0 Å². The van der Waals surface area contributed by atoms with Gasteiger partial charge in [0.25, 0.3) is 5.69 Å². The number of piperazine rings is 1. The molecule has 0 aliphatic carbocycles. The summed E-state index contributed by atoms with van der Waals surface area (Å²) in [6, 6.07) is 16.3.